The molecule has 4 rings (SSSR count). The van der Waals surface area contributed by atoms with Crippen LogP contribution in [0, 0.1) is 18.3 Å². The first-order valence-electron chi connectivity index (χ1n) is 12.0. The number of carbonyl (C=O) groups excluding carboxylic acids is 1. The Morgan fingerprint density at radius 2 is 1.74 bits per heavy atom. The third-order valence-electron chi connectivity index (χ3n) is 7.45. The maximum atomic E-state index is 13.6. The van der Waals surface area contributed by atoms with Gasteiger partial charge in [-0.25, -0.2) is 8.42 Å². The molecule has 0 spiro atoms. The number of carbonyl (C=O) groups is 2. The first kappa shape index (κ1) is 24.7. The normalized spacial score (nSPS) is 19.1. The fraction of sp³-hybridized carbons (Fsp3) is 0.538. The van der Waals surface area contributed by atoms with Gasteiger partial charge in [0.15, 0.2) is 5.78 Å². The third kappa shape index (κ3) is 4.58. The first-order chi connectivity index (χ1) is 15.9. The summed E-state index contributed by atoms with van der Waals surface area (Å²) in [5, 5.41) is 9.42. The summed E-state index contributed by atoms with van der Waals surface area (Å²) < 4.78 is 29.4. The molecule has 34 heavy (non-hydrogen) atoms. The lowest BCUT2D eigenvalue weighted by Crippen LogP contribution is -2.37. The van der Waals surface area contributed by atoms with E-state index < -0.39 is 16.0 Å². The molecule has 7 nitrogen and oxygen atoms in total. The van der Waals surface area contributed by atoms with Crippen LogP contribution in [0.5, 0.6) is 0 Å². The van der Waals surface area contributed by atoms with Gasteiger partial charge in [-0.15, -0.1) is 0 Å². The van der Waals surface area contributed by atoms with Crippen molar-refractivity contribution in [3.63, 3.8) is 0 Å². The van der Waals surface area contributed by atoms with Crippen LogP contribution in [0.15, 0.2) is 29.2 Å². The van der Waals surface area contributed by atoms with Crippen molar-refractivity contribution in [2.24, 2.45) is 11.3 Å². The lowest BCUT2D eigenvalue weighted by molar-refractivity contribution is -0.137. The Hall–Kier alpha value is -2.45. The van der Waals surface area contributed by atoms with Crippen molar-refractivity contribution in [2.45, 2.75) is 71.2 Å². The van der Waals surface area contributed by atoms with Gasteiger partial charge in [-0.1, -0.05) is 20.8 Å². The van der Waals surface area contributed by atoms with Crippen LogP contribution in [0.4, 0.5) is 0 Å². The van der Waals surface area contributed by atoms with E-state index in [1.165, 1.54) is 16.4 Å². The van der Waals surface area contributed by atoms with Gasteiger partial charge in [0.25, 0.3) is 0 Å². The van der Waals surface area contributed by atoms with Gasteiger partial charge in [-0.3, -0.25) is 9.59 Å². The van der Waals surface area contributed by atoms with Gasteiger partial charge >= 0.3 is 5.97 Å². The number of aromatic nitrogens is 1. The Kier molecular flexibility index (Phi) is 6.50. The summed E-state index contributed by atoms with van der Waals surface area (Å²) in [4.78, 5) is 25.3. The molecule has 1 N–H and O–H groups in total. The van der Waals surface area contributed by atoms with Crippen LogP contribution in [-0.4, -0.2) is 47.2 Å². The number of piperidine rings is 1. The van der Waals surface area contributed by atoms with Gasteiger partial charge < -0.3 is 9.67 Å². The number of nitrogens with zero attached hydrogens (tertiary/aromatic N) is 2. The molecule has 0 saturated carbocycles. The highest BCUT2D eigenvalue weighted by Crippen LogP contribution is 2.39. The zero-order valence-electron chi connectivity index (χ0n) is 20.4. The Morgan fingerprint density at radius 1 is 1.12 bits per heavy atom. The van der Waals surface area contributed by atoms with E-state index in [4.69, 9.17) is 0 Å². The second-order valence-electron chi connectivity index (χ2n) is 10.6. The molecule has 184 valence electrons. The van der Waals surface area contributed by atoms with Gasteiger partial charge in [0.2, 0.25) is 10.0 Å². The average molecular weight is 487 g/mol. The second-order valence-corrected chi connectivity index (χ2v) is 12.6. The summed E-state index contributed by atoms with van der Waals surface area (Å²) in [7, 11) is -3.59. The molecule has 0 unspecified atom stereocenters. The van der Waals surface area contributed by atoms with Crippen molar-refractivity contribution < 1.29 is 23.1 Å². The first-order valence-corrected chi connectivity index (χ1v) is 13.4. The largest absolute Gasteiger partial charge is 0.480 e. The smallest absolute Gasteiger partial charge is 0.323 e. The number of carboxylic acid groups (broad SMARTS) is 1. The van der Waals surface area contributed by atoms with E-state index in [0.717, 1.165) is 36.9 Å². The molecule has 0 amide bonds. The Labute approximate surface area is 201 Å². The molecule has 1 aromatic heterocycles. The molecule has 2 aliphatic rings. The fourth-order valence-electron chi connectivity index (χ4n) is 5.31. The van der Waals surface area contributed by atoms with Crippen LogP contribution in [0.3, 0.4) is 0 Å². The van der Waals surface area contributed by atoms with Crippen molar-refractivity contribution in [1.82, 2.24) is 8.87 Å². The van der Waals surface area contributed by atoms with Crippen molar-refractivity contribution >= 4 is 21.8 Å². The predicted octanol–water partition coefficient (Wildman–Crippen LogP) is 4.05. The lowest BCUT2D eigenvalue weighted by atomic mass is 9.75. The average Bonchev–Trinajstić information content (AvgIpc) is 3.02. The standard InChI is InChI=1S/C26H34N2O5S/c1-17-10-13-27(14-11-17)34(32,33)20-7-5-19(6-8-20)25(31)24-18(2)28(16-23(29)30)22-9-12-26(3,4)15-21(22)24/h5-8,17H,9-16H2,1-4H3,(H,29,30). The molecular weight excluding hydrogens is 452 g/mol. The van der Waals surface area contributed by atoms with Crippen molar-refractivity contribution in [1.29, 1.82) is 0 Å². The van der Waals surface area contributed by atoms with Crippen LogP contribution in [-0.2, 0) is 34.2 Å². The number of fused-ring (bicyclic) bond motifs is 1. The second kappa shape index (κ2) is 8.96. The van der Waals surface area contributed by atoms with E-state index >= 15 is 0 Å². The van der Waals surface area contributed by atoms with Gasteiger partial charge in [-0.05, 0) is 80.2 Å². The Balaban J connectivity index is 1.67. The maximum absolute atomic E-state index is 13.6. The quantitative estimate of drug-likeness (QED) is 0.622. The number of sulfonamides is 1. The Bertz CT molecular complexity index is 1220. The monoisotopic (exact) mass is 486 g/mol. The highest BCUT2D eigenvalue weighted by molar-refractivity contribution is 7.89. The van der Waals surface area contributed by atoms with Crippen LogP contribution in [0.2, 0.25) is 0 Å². The van der Waals surface area contributed by atoms with Crippen molar-refractivity contribution in [3.05, 3.63) is 52.3 Å². The lowest BCUT2D eigenvalue weighted by Gasteiger charge is -2.30. The van der Waals surface area contributed by atoms with Gasteiger partial charge in [0.05, 0.1) is 4.90 Å². The van der Waals surface area contributed by atoms with E-state index in [2.05, 4.69) is 20.8 Å². The third-order valence-corrected chi connectivity index (χ3v) is 9.37. The van der Waals surface area contributed by atoms with Crippen LogP contribution in [0.1, 0.15) is 72.9 Å². The zero-order valence-corrected chi connectivity index (χ0v) is 21.2. The van der Waals surface area contributed by atoms with E-state index in [1.54, 1.807) is 23.6 Å². The summed E-state index contributed by atoms with van der Waals surface area (Å²) in [6, 6.07) is 6.19. The molecule has 1 saturated heterocycles. The van der Waals surface area contributed by atoms with Crippen LogP contribution >= 0.6 is 0 Å². The molecule has 0 radical (unpaired) electrons. The SMILES string of the molecule is Cc1c(C(=O)c2ccc(S(=O)(=O)N3CCC(C)CC3)cc2)c2c(n1CC(=O)O)CCC(C)(C)C2. The molecule has 2 heterocycles. The van der Waals surface area contributed by atoms with Crippen molar-refractivity contribution in [2.75, 3.05) is 13.1 Å². The van der Waals surface area contributed by atoms with E-state index in [9.17, 15) is 23.1 Å². The molecule has 1 aliphatic heterocycles. The summed E-state index contributed by atoms with van der Waals surface area (Å²) in [5.41, 5.74) is 3.51. The van der Waals surface area contributed by atoms with E-state index in [1.807, 2.05) is 0 Å². The number of benzene rings is 1. The number of ketones is 1. The molecule has 1 fully saturated rings. The van der Waals surface area contributed by atoms with E-state index in [0.29, 0.717) is 42.2 Å². The topological polar surface area (TPSA) is 96.7 Å². The summed E-state index contributed by atoms with van der Waals surface area (Å²) in [6.07, 6.45) is 4.07. The molecular formula is C26H34N2O5S. The molecule has 1 aliphatic carbocycles. The number of carboxylic acids is 1. The number of aliphatic carboxylic acids is 1. The minimum atomic E-state index is -3.59. The summed E-state index contributed by atoms with van der Waals surface area (Å²) >= 11 is 0. The molecule has 0 atom stereocenters. The van der Waals surface area contributed by atoms with Crippen LogP contribution < -0.4 is 0 Å². The van der Waals surface area contributed by atoms with Crippen LogP contribution in [0.25, 0.3) is 0 Å². The zero-order chi connectivity index (χ0) is 24.8. The fourth-order valence-corrected chi connectivity index (χ4v) is 6.78. The van der Waals surface area contributed by atoms with Gasteiger partial charge in [-0.2, -0.15) is 4.31 Å². The van der Waals surface area contributed by atoms with Crippen molar-refractivity contribution in [3.8, 4) is 0 Å². The molecule has 0 bridgehead atoms. The predicted molar refractivity (Wildman–Crippen MR) is 130 cm³/mol. The highest BCUT2D eigenvalue weighted by atomic mass is 32.2. The summed E-state index contributed by atoms with van der Waals surface area (Å²) in [6.45, 7) is 9.12. The van der Waals surface area contributed by atoms with Gasteiger partial charge in [0, 0.05) is 35.6 Å². The minimum absolute atomic E-state index is 0.0216. The Morgan fingerprint density at radius 3 is 2.32 bits per heavy atom. The number of hydrogen-bond donors (Lipinski definition) is 1. The van der Waals surface area contributed by atoms with E-state index in [-0.39, 0.29) is 22.6 Å². The van der Waals surface area contributed by atoms with Gasteiger partial charge in [0.1, 0.15) is 6.54 Å². The molecule has 2 aromatic rings. The minimum Gasteiger partial charge on any atom is -0.480 e. The number of hydrogen-bond acceptors (Lipinski definition) is 4. The maximum Gasteiger partial charge on any atom is 0.323 e. The molecule has 1 aromatic carbocycles. The number of rotatable bonds is 6. The summed E-state index contributed by atoms with van der Waals surface area (Å²) in [5.74, 6) is -0.600. The molecule has 8 heteroatoms. The highest BCUT2D eigenvalue weighted by Gasteiger charge is 2.34.